The zero-order chi connectivity index (χ0) is 25.9. The second kappa shape index (κ2) is 10.6. The molecule has 1 fully saturated rings. The van der Waals surface area contributed by atoms with E-state index in [4.69, 9.17) is 0 Å². The monoisotopic (exact) mass is 523 g/mol. The van der Waals surface area contributed by atoms with E-state index in [1.54, 1.807) is 24.3 Å². The molecule has 1 N–H and O–H groups in total. The zero-order valence-corrected chi connectivity index (χ0v) is 19.5. The minimum Gasteiger partial charge on any atom is -0.435 e. The van der Waals surface area contributed by atoms with Crippen LogP contribution in [0.3, 0.4) is 0 Å². The van der Waals surface area contributed by atoms with Gasteiger partial charge in [0.25, 0.3) is 0 Å². The largest absolute Gasteiger partial charge is 0.435 e. The number of aromatic nitrogens is 1. The summed E-state index contributed by atoms with van der Waals surface area (Å²) < 4.78 is 83.1. The molecule has 2 atom stereocenters. The molecule has 2 unspecified atom stereocenters. The Hall–Kier alpha value is -3.51. The van der Waals surface area contributed by atoms with E-state index in [1.165, 1.54) is 18.3 Å². The van der Waals surface area contributed by atoms with Crippen molar-refractivity contribution >= 4 is 15.9 Å². The first-order valence-electron chi connectivity index (χ1n) is 10.8. The maximum atomic E-state index is 14.2. The lowest BCUT2D eigenvalue weighted by Gasteiger charge is -2.23. The van der Waals surface area contributed by atoms with Crippen molar-refractivity contribution in [3.05, 3.63) is 78.2 Å². The van der Waals surface area contributed by atoms with Crippen LogP contribution in [0.25, 0.3) is 11.3 Å². The minimum absolute atomic E-state index is 0.0000393. The maximum absolute atomic E-state index is 14.2. The third-order valence-electron chi connectivity index (χ3n) is 5.59. The number of amides is 1. The molecule has 1 amide bonds. The summed E-state index contributed by atoms with van der Waals surface area (Å²) in [5, 5.41) is 2.63. The van der Waals surface area contributed by atoms with Gasteiger partial charge in [-0.3, -0.25) is 9.78 Å². The second-order valence-corrected chi connectivity index (χ2v) is 9.94. The summed E-state index contributed by atoms with van der Waals surface area (Å²) in [6.45, 7) is -3.41. The Balaban J connectivity index is 1.45. The molecular formula is C24H21F4N3O4S. The van der Waals surface area contributed by atoms with Gasteiger partial charge in [-0.05, 0) is 66.2 Å². The number of carbonyl (C=O) groups excluding carboxylic acids is 1. The highest BCUT2D eigenvalue weighted by Crippen LogP contribution is 2.28. The number of benzene rings is 2. The molecule has 36 heavy (non-hydrogen) atoms. The molecule has 0 aliphatic carbocycles. The lowest BCUT2D eigenvalue weighted by atomic mass is 10.1. The lowest BCUT2D eigenvalue weighted by Crippen LogP contribution is -2.45. The van der Waals surface area contributed by atoms with Crippen LogP contribution in [-0.2, 0) is 21.4 Å². The van der Waals surface area contributed by atoms with E-state index in [9.17, 15) is 30.8 Å². The van der Waals surface area contributed by atoms with Gasteiger partial charge < -0.3 is 10.1 Å². The third-order valence-corrected chi connectivity index (χ3v) is 7.48. The highest BCUT2D eigenvalue weighted by Gasteiger charge is 2.44. The van der Waals surface area contributed by atoms with Gasteiger partial charge in [-0.25, -0.2) is 17.2 Å². The fraction of sp³-hybridized carbons (Fsp3) is 0.250. The highest BCUT2D eigenvalue weighted by molar-refractivity contribution is 7.89. The third kappa shape index (κ3) is 5.82. The van der Waals surface area contributed by atoms with E-state index in [0.29, 0.717) is 16.8 Å². The number of nitrogens with zero attached hydrogens (tertiary/aromatic N) is 2. The van der Waals surface area contributed by atoms with Gasteiger partial charge >= 0.3 is 6.61 Å². The van der Waals surface area contributed by atoms with Crippen LogP contribution >= 0.6 is 0 Å². The van der Waals surface area contributed by atoms with Crippen molar-refractivity contribution in [2.75, 3.05) is 6.54 Å². The molecule has 12 heteroatoms. The molecule has 1 aromatic heterocycles. The van der Waals surface area contributed by atoms with E-state index >= 15 is 0 Å². The molecule has 0 spiro atoms. The van der Waals surface area contributed by atoms with E-state index < -0.39 is 47.1 Å². The molecule has 1 saturated heterocycles. The number of ether oxygens (including phenoxy) is 1. The first kappa shape index (κ1) is 25.6. The van der Waals surface area contributed by atoms with Crippen molar-refractivity contribution in [3.63, 3.8) is 0 Å². The number of hydrogen-bond donors (Lipinski definition) is 1. The summed E-state index contributed by atoms with van der Waals surface area (Å²) in [5.74, 6) is -1.30. The zero-order valence-electron chi connectivity index (χ0n) is 18.7. The molecule has 1 aliphatic rings. The van der Waals surface area contributed by atoms with Crippen LogP contribution in [0.5, 0.6) is 5.75 Å². The van der Waals surface area contributed by atoms with E-state index in [-0.39, 0.29) is 23.6 Å². The smallest absolute Gasteiger partial charge is 0.387 e. The van der Waals surface area contributed by atoms with Crippen LogP contribution in [0, 0.1) is 5.82 Å². The van der Waals surface area contributed by atoms with Crippen LogP contribution in [-0.4, -0.2) is 49.0 Å². The van der Waals surface area contributed by atoms with Crippen molar-refractivity contribution in [2.45, 2.75) is 36.7 Å². The number of hydrogen-bond acceptors (Lipinski definition) is 5. The molecule has 7 nitrogen and oxygen atoms in total. The molecule has 1 aliphatic heterocycles. The van der Waals surface area contributed by atoms with Gasteiger partial charge in [-0.15, -0.1) is 0 Å². The number of pyridine rings is 1. The summed E-state index contributed by atoms with van der Waals surface area (Å²) in [6, 6.07) is 12.0. The van der Waals surface area contributed by atoms with Crippen molar-refractivity contribution in [3.8, 4) is 17.0 Å². The van der Waals surface area contributed by atoms with Gasteiger partial charge in [0.2, 0.25) is 15.9 Å². The SMILES string of the molecule is O=C(NCc1ccnc(-c2ccc(OC(F)F)cc2)c1)C1CC(F)CN1S(=O)(=O)c1ccc(F)cc1. The minimum atomic E-state index is -4.22. The Morgan fingerprint density at radius 3 is 2.47 bits per heavy atom. The van der Waals surface area contributed by atoms with Crippen molar-refractivity contribution in [1.29, 1.82) is 0 Å². The number of carbonyl (C=O) groups is 1. The van der Waals surface area contributed by atoms with Crippen molar-refractivity contribution in [2.24, 2.45) is 0 Å². The van der Waals surface area contributed by atoms with Gasteiger partial charge in [0, 0.05) is 31.3 Å². The number of halogens is 4. The number of sulfonamides is 1. The average molecular weight is 524 g/mol. The normalized spacial score (nSPS) is 18.4. The van der Waals surface area contributed by atoms with Crippen molar-refractivity contribution < 1.29 is 35.5 Å². The predicted octanol–water partition coefficient (Wildman–Crippen LogP) is 3.91. The quantitative estimate of drug-likeness (QED) is 0.453. The lowest BCUT2D eigenvalue weighted by molar-refractivity contribution is -0.124. The van der Waals surface area contributed by atoms with Crippen molar-refractivity contribution in [1.82, 2.24) is 14.6 Å². The summed E-state index contributed by atoms with van der Waals surface area (Å²) >= 11 is 0. The molecule has 2 aromatic carbocycles. The van der Waals surface area contributed by atoms with Gasteiger partial charge in [-0.1, -0.05) is 0 Å². The van der Waals surface area contributed by atoms with E-state index in [2.05, 4.69) is 15.0 Å². The first-order valence-corrected chi connectivity index (χ1v) is 12.3. The molecule has 0 saturated carbocycles. The maximum Gasteiger partial charge on any atom is 0.387 e. The molecule has 0 radical (unpaired) electrons. The fourth-order valence-corrected chi connectivity index (χ4v) is 5.48. The van der Waals surface area contributed by atoms with Crippen LogP contribution < -0.4 is 10.1 Å². The number of nitrogens with one attached hydrogen (secondary N) is 1. The standard InChI is InChI=1S/C24H21F4N3O4S/c25-17-3-7-20(8-4-17)36(33,34)31-14-18(26)12-22(31)23(32)30-13-15-9-10-29-21(11-15)16-1-5-19(6-2-16)35-24(27)28/h1-11,18,22,24H,12-14H2,(H,30,32). The van der Waals surface area contributed by atoms with Crippen LogP contribution in [0.1, 0.15) is 12.0 Å². The summed E-state index contributed by atoms with van der Waals surface area (Å²) in [4.78, 5) is 16.8. The Morgan fingerprint density at radius 1 is 1.11 bits per heavy atom. The first-order chi connectivity index (χ1) is 17.1. The van der Waals surface area contributed by atoms with E-state index in [1.807, 2.05) is 0 Å². The van der Waals surface area contributed by atoms with Gasteiger partial charge in [0.1, 0.15) is 23.8 Å². The molecule has 2 heterocycles. The second-order valence-electron chi connectivity index (χ2n) is 8.05. The molecule has 190 valence electrons. The number of rotatable bonds is 8. The average Bonchev–Trinajstić information content (AvgIpc) is 3.26. The van der Waals surface area contributed by atoms with Gasteiger partial charge in [0.15, 0.2) is 0 Å². The molecule has 0 bridgehead atoms. The van der Waals surface area contributed by atoms with Crippen LogP contribution in [0.2, 0.25) is 0 Å². The molecule has 3 aromatic rings. The Kier molecular flexibility index (Phi) is 7.55. The Labute approximate surface area is 204 Å². The fourth-order valence-electron chi connectivity index (χ4n) is 3.86. The summed E-state index contributed by atoms with van der Waals surface area (Å²) in [6.07, 6.45) is -0.333. The summed E-state index contributed by atoms with van der Waals surface area (Å²) in [5.41, 5.74) is 1.76. The van der Waals surface area contributed by atoms with Crippen LogP contribution in [0.15, 0.2) is 71.8 Å². The Morgan fingerprint density at radius 2 is 1.81 bits per heavy atom. The Bertz CT molecular complexity index is 1320. The molecular weight excluding hydrogens is 502 g/mol. The summed E-state index contributed by atoms with van der Waals surface area (Å²) in [7, 11) is -4.22. The van der Waals surface area contributed by atoms with E-state index in [0.717, 1.165) is 28.6 Å². The number of alkyl halides is 3. The van der Waals surface area contributed by atoms with Gasteiger partial charge in [0.05, 0.1) is 10.6 Å². The van der Waals surface area contributed by atoms with Gasteiger partial charge in [-0.2, -0.15) is 13.1 Å². The predicted molar refractivity (Wildman–Crippen MR) is 122 cm³/mol. The highest BCUT2D eigenvalue weighted by atomic mass is 32.2. The van der Waals surface area contributed by atoms with Crippen LogP contribution in [0.4, 0.5) is 17.6 Å². The molecule has 4 rings (SSSR count). The topological polar surface area (TPSA) is 88.6 Å².